The number of aryl methyl sites for hydroxylation is 2. The summed E-state index contributed by atoms with van der Waals surface area (Å²) in [5.74, 6) is 0.689. The Balaban J connectivity index is 1.65. The molecule has 0 N–H and O–H groups in total. The van der Waals surface area contributed by atoms with Crippen molar-refractivity contribution in [3.63, 3.8) is 0 Å². The highest BCUT2D eigenvalue weighted by atomic mass is 16.2. The summed E-state index contributed by atoms with van der Waals surface area (Å²) >= 11 is 0. The van der Waals surface area contributed by atoms with E-state index in [2.05, 4.69) is 10.1 Å². The summed E-state index contributed by atoms with van der Waals surface area (Å²) in [6, 6.07) is 11.4. The second-order valence-corrected chi connectivity index (χ2v) is 7.28. The molecule has 1 saturated heterocycles. The molecule has 1 aliphatic rings. The van der Waals surface area contributed by atoms with Crippen LogP contribution in [0.15, 0.2) is 53.6 Å². The first-order valence-corrected chi connectivity index (χ1v) is 9.47. The first-order chi connectivity index (χ1) is 13.5. The van der Waals surface area contributed by atoms with Crippen LogP contribution in [0.25, 0.3) is 5.69 Å². The van der Waals surface area contributed by atoms with Gasteiger partial charge < -0.3 is 4.90 Å². The van der Waals surface area contributed by atoms with Crippen molar-refractivity contribution in [2.75, 3.05) is 13.1 Å². The van der Waals surface area contributed by atoms with Gasteiger partial charge in [-0.15, -0.1) is 0 Å². The molecule has 0 saturated carbocycles. The molecule has 144 valence electrons. The number of nitrogens with zero attached hydrogens (tertiary/aromatic N) is 5. The number of hydrogen-bond acceptors (Lipinski definition) is 4. The van der Waals surface area contributed by atoms with Crippen molar-refractivity contribution in [3.05, 3.63) is 76.2 Å². The molecular weight excluding hydrogens is 354 g/mol. The van der Waals surface area contributed by atoms with Crippen LogP contribution in [0.4, 0.5) is 0 Å². The predicted molar refractivity (Wildman–Crippen MR) is 106 cm³/mol. The van der Waals surface area contributed by atoms with E-state index in [1.165, 1.54) is 4.68 Å². The van der Waals surface area contributed by atoms with Crippen LogP contribution in [0.3, 0.4) is 0 Å². The minimum Gasteiger partial charge on any atom is -0.338 e. The van der Waals surface area contributed by atoms with E-state index >= 15 is 0 Å². The van der Waals surface area contributed by atoms with Crippen molar-refractivity contribution in [3.8, 4) is 5.69 Å². The van der Waals surface area contributed by atoms with E-state index in [0.29, 0.717) is 24.5 Å². The number of amides is 1. The second-order valence-electron chi connectivity index (χ2n) is 7.28. The number of para-hydroxylation sites is 1. The first kappa shape index (κ1) is 18.2. The van der Waals surface area contributed by atoms with Gasteiger partial charge in [0.15, 0.2) is 0 Å². The van der Waals surface area contributed by atoms with Crippen LogP contribution in [0, 0.1) is 6.92 Å². The topological polar surface area (TPSA) is 73.0 Å². The fourth-order valence-corrected chi connectivity index (χ4v) is 3.79. The zero-order valence-corrected chi connectivity index (χ0v) is 16.1. The fraction of sp³-hybridized carbons (Fsp3) is 0.333. The van der Waals surface area contributed by atoms with Gasteiger partial charge in [-0.25, -0.2) is 14.0 Å². The third-order valence-corrected chi connectivity index (χ3v) is 5.16. The molecular formula is C21H23N5O2. The molecule has 7 heteroatoms. The van der Waals surface area contributed by atoms with Crippen LogP contribution >= 0.6 is 0 Å². The molecule has 2 aromatic heterocycles. The molecule has 0 spiro atoms. The Bertz CT molecular complexity index is 1050. The van der Waals surface area contributed by atoms with Crippen LogP contribution < -0.4 is 5.69 Å². The Kier molecular flexibility index (Phi) is 4.81. The highest BCUT2D eigenvalue weighted by Gasteiger charge is 2.30. The lowest BCUT2D eigenvalue weighted by atomic mass is 9.96. The Morgan fingerprint density at radius 2 is 1.96 bits per heavy atom. The maximum atomic E-state index is 12.9. The molecule has 0 unspecified atom stereocenters. The highest BCUT2D eigenvalue weighted by molar-refractivity contribution is 5.94. The van der Waals surface area contributed by atoms with Gasteiger partial charge in [0, 0.05) is 38.4 Å². The lowest BCUT2D eigenvalue weighted by Crippen LogP contribution is -2.40. The molecule has 1 fully saturated rings. The van der Waals surface area contributed by atoms with E-state index in [4.69, 9.17) is 0 Å². The van der Waals surface area contributed by atoms with E-state index in [0.717, 1.165) is 24.1 Å². The van der Waals surface area contributed by atoms with Crippen LogP contribution in [0.1, 0.15) is 40.5 Å². The van der Waals surface area contributed by atoms with Crippen molar-refractivity contribution < 1.29 is 4.79 Å². The second kappa shape index (κ2) is 7.42. The lowest BCUT2D eigenvalue weighted by Gasteiger charge is -2.32. The minimum absolute atomic E-state index is 0.00424. The lowest BCUT2D eigenvalue weighted by molar-refractivity contribution is 0.0703. The third kappa shape index (κ3) is 3.35. The molecule has 3 heterocycles. The zero-order chi connectivity index (χ0) is 19.7. The quantitative estimate of drug-likeness (QED) is 0.702. The van der Waals surface area contributed by atoms with Crippen LogP contribution in [0.2, 0.25) is 0 Å². The first-order valence-electron chi connectivity index (χ1n) is 9.47. The number of benzene rings is 1. The van der Waals surface area contributed by atoms with Gasteiger partial charge in [-0.05, 0) is 43.5 Å². The number of aromatic nitrogens is 4. The SMILES string of the molecule is Cc1cncc(C(=O)N2CCC[C@H](c3nn(C)c(=O)n3-c3ccccc3)C2)c1. The molecule has 1 atom stereocenters. The number of hydrogen-bond donors (Lipinski definition) is 0. The molecule has 1 amide bonds. The van der Waals surface area contributed by atoms with Gasteiger partial charge in [0.2, 0.25) is 0 Å². The summed E-state index contributed by atoms with van der Waals surface area (Å²) in [6.45, 7) is 3.16. The van der Waals surface area contributed by atoms with Gasteiger partial charge in [0.05, 0.1) is 11.3 Å². The Morgan fingerprint density at radius 1 is 1.18 bits per heavy atom. The highest BCUT2D eigenvalue weighted by Crippen LogP contribution is 2.27. The fourth-order valence-electron chi connectivity index (χ4n) is 3.79. The maximum absolute atomic E-state index is 12.9. The van der Waals surface area contributed by atoms with E-state index in [-0.39, 0.29) is 17.5 Å². The van der Waals surface area contributed by atoms with Gasteiger partial charge in [-0.2, -0.15) is 5.10 Å². The molecule has 7 nitrogen and oxygen atoms in total. The number of carbonyl (C=O) groups excluding carboxylic acids is 1. The number of likely N-dealkylation sites (tertiary alicyclic amines) is 1. The van der Waals surface area contributed by atoms with Crippen LogP contribution in [0.5, 0.6) is 0 Å². The Labute approximate surface area is 163 Å². The van der Waals surface area contributed by atoms with E-state index < -0.39 is 0 Å². The standard InChI is InChI=1S/C21H23N5O2/c1-15-11-17(13-22-12-15)20(27)25-10-6-7-16(14-25)19-23-24(2)21(28)26(19)18-8-4-3-5-9-18/h3-5,8-9,11-13,16H,6-7,10,14H2,1-2H3/t16-/m0/s1. The van der Waals surface area contributed by atoms with Gasteiger partial charge >= 0.3 is 5.69 Å². The molecule has 0 aliphatic carbocycles. The van der Waals surface area contributed by atoms with Crippen molar-refractivity contribution >= 4 is 5.91 Å². The van der Waals surface area contributed by atoms with Gasteiger partial charge in [0.25, 0.3) is 5.91 Å². The minimum atomic E-state index is -0.174. The van der Waals surface area contributed by atoms with E-state index in [1.807, 2.05) is 48.2 Å². The number of pyridine rings is 1. The normalized spacial score (nSPS) is 16.9. The Morgan fingerprint density at radius 3 is 2.71 bits per heavy atom. The molecule has 0 radical (unpaired) electrons. The van der Waals surface area contributed by atoms with Crippen LogP contribution in [-0.2, 0) is 7.05 Å². The van der Waals surface area contributed by atoms with Crippen molar-refractivity contribution in [2.24, 2.45) is 7.05 Å². The average molecular weight is 377 g/mol. The van der Waals surface area contributed by atoms with Crippen molar-refractivity contribution in [1.29, 1.82) is 0 Å². The van der Waals surface area contributed by atoms with Gasteiger partial charge in [-0.3, -0.25) is 9.78 Å². The Hall–Kier alpha value is -3.22. The number of carbonyl (C=O) groups is 1. The maximum Gasteiger partial charge on any atom is 0.350 e. The molecule has 28 heavy (non-hydrogen) atoms. The third-order valence-electron chi connectivity index (χ3n) is 5.16. The molecule has 4 rings (SSSR count). The molecule has 3 aromatic rings. The summed E-state index contributed by atoms with van der Waals surface area (Å²) in [5.41, 5.74) is 2.18. The smallest absolute Gasteiger partial charge is 0.338 e. The van der Waals surface area contributed by atoms with Crippen LogP contribution in [-0.4, -0.2) is 43.2 Å². The van der Waals surface area contributed by atoms with Gasteiger partial charge in [-0.1, -0.05) is 18.2 Å². The summed E-state index contributed by atoms with van der Waals surface area (Å²) in [4.78, 5) is 31.6. The van der Waals surface area contributed by atoms with Crippen molar-refractivity contribution in [2.45, 2.75) is 25.7 Å². The molecule has 0 bridgehead atoms. The molecule has 1 aromatic carbocycles. The zero-order valence-electron chi connectivity index (χ0n) is 16.1. The average Bonchev–Trinajstić information content (AvgIpc) is 3.03. The van der Waals surface area contributed by atoms with Crippen molar-refractivity contribution in [1.82, 2.24) is 24.2 Å². The summed E-state index contributed by atoms with van der Waals surface area (Å²) < 4.78 is 3.03. The van der Waals surface area contributed by atoms with E-state index in [9.17, 15) is 9.59 Å². The predicted octanol–water partition coefficient (Wildman–Crippen LogP) is 2.29. The summed E-state index contributed by atoms with van der Waals surface area (Å²) in [6.07, 6.45) is 5.11. The number of rotatable bonds is 3. The summed E-state index contributed by atoms with van der Waals surface area (Å²) in [5, 5.41) is 4.51. The summed E-state index contributed by atoms with van der Waals surface area (Å²) in [7, 11) is 1.66. The molecule has 1 aliphatic heterocycles. The largest absolute Gasteiger partial charge is 0.350 e. The number of piperidine rings is 1. The van der Waals surface area contributed by atoms with E-state index in [1.54, 1.807) is 24.0 Å². The van der Waals surface area contributed by atoms with Gasteiger partial charge in [0.1, 0.15) is 5.82 Å². The monoisotopic (exact) mass is 377 g/mol.